The van der Waals surface area contributed by atoms with Crippen LogP contribution in [0.5, 0.6) is 0 Å². The van der Waals surface area contributed by atoms with Crippen LogP contribution in [0.25, 0.3) is 5.41 Å². The number of anilines is 1. The first-order chi connectivity index (χ1) is 7.52. The van der Waals surface area contributed by atoms with Gasteiger partial charge in [0.2, 0.25) is 0 Å². The molecule has 0 amide bonds. The van der Waals surface area contributed by atoms with Crippen LogP contribution < -0.4 is 5.32 Å². The summed E-state index contributed by atoms with van der Waals surface area (Å²) in [5, 5.41) is 20.5. The zero-order chi connectivity index (χ0) is 12.1. The Morgan fingerprint density at radius 2 is 2.25 bits per heavy atom. The lowest BCUT2D eigenvalue weighted by atomic mass is 10.1. The van der Waals surface area contributed by atoms with Crippen LogP contribution >= 0.6 is 0 Å². The van der Waals surface area contributed by atoms with Crippen LogP contribution in [-0.4, -0.2) is 34.1 Å². The Morgan fingerprint density at radius 3 is 2.81 bits per heavy atom. The fourth-order valence-corrected chi connectivity index (χ4v) is 1.10. The van der Waals surface area contributed by atoms with Gasteiger partial charge in [0.15, 0.2) is 0 Å². The molecule has 0 spiro atoms. The minimum absolute atomic E-state index is 0.240. The van der Waals surface area contributed by atoms with Crippen molar-refractivity contribution in [3.05, 3.63) is 29.4 Å². The van der Waals surface area contributed by atoms with Crippen molar-refractivity contribution >= 4 is 23.2 Å². The maximum atomic E-state index is 11.0. The van der Waals surface area contributed by atoms with Crippen LogP contribution in [0.3, 0.4) is 0 Å². The number of nitrogens with zero attached hydrogens (tertiary/aromatic N) is 2. The average Bonchev–Trinajstić information content (AvgIpc) is 2.25. The molecular weight excluding hydrogens is 210 g/mol. The summed E-state index contributed by atoms with van der Waals surface area (Å²) in [6.45, 7) is 0.903. The van der Waals surface area contributed by atoms with Gasteiger partial charge in [0.1, 0.15) is 12.3 Å². The van der Waals surface area contributed by atoms with E-state index in [4.69, 9.17) is 5.11 Å². The summed E-state index contributed by atoms with van der Waals surface area (Å²) in [5.74, 6) is -1.54. The Labute approximate surface area is 91.8 Å². The van der Waals surface area contributed by atoms with E-state index < -0.39 is 17.5 Å². The van der Waals surface area contributed by atoms with Crippen molar-refractivity contribution in [2.45, 2.75) is 6.92 Å². The molecule has 0 fully saturated rings. The topological polar surface area (TPSA) is 102 Å². The van der Waals surface area contributed by atoms with Gasteiger partial charge >= 0.3 is 5.97 Å². The fourth-order valence-electron chi connectivity index (χ4n) is 1.10. The molecule has 0 aromatic carbocycles. The van der Waals surface area contributed by atoms with E-state index in [2.05, 4.69) is 10.3 Å². The lowest BCUT2D eigenvalue weighted by molar-refractivity contribution is -0.134. The highest BCUT2D eigenvalue weighted by Gasteiger charge is 2.06. The predicted molar refractivity (Wildman–Crippen MR) is 58.5 cm³/mol. The second kappa shape index (κ2) is 5.01. The predicted octanol–water partition coefficient (Wildman–Crippen LogP) is 0.526. The SMILES string of the molecule is CC(=O)C(=[N-])c1ccncc1NCC(=O)O. The molecule has 0 atom stereocenters. The molecule has 6 nitrogen and oxygen atoms in total. The number of carboxylic acids is 1. The maximum absolute atomic E-state index is 11.0. The molecule has 0 saturated heterocycles. The van der Waals surface area contributed by atoms with Gasteiger partial charge in [0.25, 0.3) is 0 Å². The monoisotopic (exact) mass is 220 g/mol. The van der Waals surface area contributed by atoms with Gasteiger partial charge in [-0.1, -0.05) is 0 Å². The molecule has 0 unspecified atom stereocenters. The molecule has 0 aliphatic rings. The van der Waals surface area contributed by atoms with E-state index in [-0.39, 0.29) is 12.1 Å². The molecule has 0 saturated carbocycles. The van der Waals surface area contributed by atoms with Crippen molar-refractivity contribution in [1.29, 1.82) is 0 Å². The number of aromatic nitrogens is 1. The Kier molecular flexibility index (Phi) is 3.71. The van der Waals surface area contributed by atoms with Gasteiger partial charge in [-0.05, 0) is 18.6 Å². The number of Topliss-reactive ketones (excluding diaryl/α,β-unsaturated/α-hetero) is 1. The maximum Gasteiger partial charge on any atom is 0.322 e. The first-order valence-corrected chi connectivity index (χ1v) is 4.49. The first kappa shape index (κ1) is 11.8. The first-order valence-electron chi connectivity index (χ1n) is 4.49. The van der Waals surface area contributed by atoms with Crippen LogP contribution in [0.15, 0.2) is 18.5 Å². The highest BCUT2D eigenvalue weighted by atomic mass is 16.4. The minimum atomic E-state index is -1.04. The van der Waals surface area contributed by atoms with Gasteiger partial charge in [-0.2, -0.15) is 0 Å². The third kappa shape index (κ3) is 2.88. The van der Waals surface area contributed by atoms with E-state index in [0.29, 0.717) is 5.69 Å². The van der Waals surface area contributed by atoms with E-state index in [9.17, 15) is 15.0 Å². The van der Waals surface area contributed by atoms with Crippen LogP contribution in [0.2, 0.25) is 0 Å². The summed E-state index contributed by atoms with van der Waals surface area (Å²) >= 11 is 0. The highest BCUT2D eigenvalue weighted by Crippen LogP contribution is 2.14. The molecule has 0 radical (unpaired) electrons. The number of carboxylic acid groups (broad SMARTS) is 1. The molecule has 0 aliphatic heterocycles. The third-order valence-electron chi connectivity index (χ3n) is 1.84. The molecular formula is C10H10N3O3-. The second-order valence-electron chi connectivity index (χ2n) is 3.07. The van der Waals surface area contributed by atoms with Crippen molar-refractivity contribution in [3.63, 3.8) is 0 Å². The number of hydrogen-bond acceptors (Lipinski definition) is 4. The largest absolute Gasteiger partial charge is 0.800 e. The zero-order valence-corrected chi connectivity index (χ0v) is 8.60. The minimum Gasteiger partial charge on any atom is -0.800 e. The molecule has 2 N–H and O–H groups in total. The quantitative estimate of drug-likeness (QED) is 0.704. The van der Waals surface area contributed by atoms with Gasteiger partial charge < -0.3 is 15.8 Å². The summed E-state index contributed by atoms with van der Waals surface area (Å²) < 4.78 is 0. The number of aliphatic carboxylic acids is 1. The summed E-state index contributed by atoms with van der Waals surface area (Å²) in [7, 11) is 0. The van der Waals surface area contributed by atoms with Gasteiger partial charge in [-0.3, -0.25) is 14.6 Å². The molecule has 6 heteroatoms. The lowest BCUT2D eigenvalue weighted by Gasteiger charge is -2.14. The van der Waals surface area contributed by atoms with Crippen LogP contribution in [0, 0.1) is 0 Å². The number of nitrogens with one attached hydrogen (secondary N) is 1. The van der Waals surface area contributed by atoms with Crippen molar-refractivity contribution in [2.75, 3.05) is 11.9 Å². The Morgan fingerprint density at radius 1 is 1.56 bits per heavy atom. The number of rotatable bonds is 5. The number of pyridine rings is 1. The van der Waals surface area contributed by atoms with Gasteiger partial charge in [-0.15, -0.1) is 5.71 Å². The lowest BCUT2D eigenvalue weighted by Crippen LogP contribution is -2.17. The van der Waals surface area contributed by atoms with Crippen molar-refractivity contribution in [2.24, 2.45) is 0 Å². The van der Waals surface area contributed by atoms with Gasteiger partial charge in [0.05, 0.1) is 11.9 Å². The zero-order valence-electron chi connectivity index (χ0n) is 8.60. The molecule has 16 heavy (non-hydrogen) atoms. The van der Waals surface area contributed by atoms with Crippen molar-refractivity contribution in [3.8, 4) is 0 Å². The number of ketones is 1. The Hall–Kier alpha value is -2.24. The smallest absolute Gasteiger partial charge is 0.322 e. The number of hydrogen-bond donors (Lipinski definition) is 2. The van der Waals surface area contributed by atoms with Crippen molar-refractivity contribution < 1.29 is 14.7 Å². The average molecular weight is 220 g/mol. The standard InChI is InChI=1S/C10H10N3O3/c1-6(14)10(11)7-2-3-12-4-8(7)13-5-9(15)16/h2-4,13H,5H2,1H3,(H,15,16)/q-1. The molecule has 0 aliphatic carbocycles. The van der Waals surface area contributed by atoms with Gasteiger partial charge in [0, 0.05) is 6.20 Å². The summed E-state index contributed by atoms with van der Waals surface area (Å²) in [6, 6.07) is 1.43. The van der Waals surface area contributed by atoms with Crippen LogP contribution in [0.1, 0.15) is 12.5 Å². The molecule has 84 valence electrons. The number of carbonyl (C=O) groups excluding carboxylic acids is 1. The molecule has 1 rings (SSSR count). The van der Waals surface area contributed by atoms with E-state index in [1.807, 2.05) is 0 Å². The molecule has 1 aromatic rings. The Balaban J connectivity index is 2.96. The molecule has 0 bridgehead atoms. The normalized spacial score (nSPS) is 9.56. The molecule has 1 aromatic heterocycles. The second-order valence-corrected chi connectivity index (χ2v) is 3.07. The third-order valence-corrected chi connectivity index (χ3v) is 1.84. The Bertz CT molecular complexity index is 443. The van der Waals surface area contributed by atoms with E-state index in [1.165, 1.54) is 25.4 Å². The summed E-state index contributed by atoms with van der Waals surface area (Å²) in [5.41, 5.74) is 0.122. The summed E-state index contributed by atoms with van der Waals surface area (Å²) in [6.07, 6.45) is 2.75. The van der Waals surface area contributed by atoms with E-state index in [1.54, 1.807) is 0 Å². The number of carbonyl (C=O) groups is 2. The van der Waals surface area contributed by atoms with Crippen molar-refractivity contribution in [1.82, 2.24) is 4.98 Å². The van der Waals surface area contributed by atoms with E-state index in [0.717, 1.165) is 0 Å². The van der Waals surface area contributed by atoms with Crippen LogP contribution in [-0.2, 0) is 9.59 Å². The fraction of sp³-hybridized carbons (Fsp3) is 0.200. The highest BCUT2D eigenvalue weighted by molar-refractivity contribution is 6.47. The van der Waals surface area contributed by atoms with Gasteiger partial charge in [-0.25, -0.2) is 0 Å². The van der Waals surface area contributed by atoms with E-state index >= 15 is 0 Å². The summed E-state index contributed by atoms with van der Waals surface area (Å²) in [4.78, 5) is 25.1. The molecule has 1 heterocycles. The van der Waals surface area contributed by atoms with Crippen LogP contribution in [0.4, 0.5) is 5.69 Å².